The van der Waals surface area contributed by atoms with Gasteiger partial charge in [-0.1, -0.05) is 0 Å². The first-order valence-electron chi connectivity index (χ1n) is 5.94. The van der Waals surface area contributed by atoms with Gasteiger partial charge in [0.25, 0.3) is 0 Å². The van der Waals surface area contributed by atoms with Crippen LogP contribution in [0.25, 0.3) is 0 Å². The number of carbonyl (C=O) groups excluding carboxylic acids is 2. The molecule has 0 spiro atoms. The zero-order chi connectivity index (χ0) is 15.6. The molecule has 0 radical (unpaired) electrons. The Kier molecular flexibility index (Phi) is 3.92. The molecule has 0 bridgehead atoms. The number of allylic oxidation sites excluding steroid dienone is 1. The number of hydrogen-bond donors (Lipinski definition) is 2. The van der Waals surface area contributed by atoms with E-state index in [-0.39, 0.29) is 12.4 Å². The molecule has 1 aromatic heterocycles. The summed E-state index contributed by atoms with van der Waals surface area (Å²) in [6.07, 6.45) is -3.69. The van der Waals surface area contributed by atoms with Crippen molar-refractivity contribution in [3.63, 3.8) is 0 Å². The van der Waals surface area contributed by atoms with Crippen LogP contribution in [-0.2, 0) is 9.53 Å². The molecule has 0 saturated heterocycles. The topological polar surface area (TPSA) is 80.6 Å². The summed E-state index contributed by atoms with van der Waals surface area (Å²) in [6, 6.07) is 0.324. The molecule has 1 unspecified atom stereocenters. The molecule has 0 aliphatic carbocycles. The van der Waals surface area contributed by atoms with E-state index < -0.39 is 35.5 Å². The standard InChI is InChI=1S/C12H11F3N2O4/c1-2-20-10(18)7-8(6-4-3-5-21-6)16-11(19)17-9(7)12(13,14)15/h3-5,8H,2H2,1H3,(H2,16,17,19). The molecular weight excluding hydrogens is 293 g/mol. The molecule has 2 rings (SSSR count). The third-order valence-corrected chi connectivity index (χ3v) is 2.68. The lowest BCUT2D eigenvalue weighted by Crippen LogP contribution is -2.49. The lowest BCUT2D eigenvalue weighted by Gasteiger charge is -2.28. The van der Waals surface area contributed by atoms with E-state index in [2.05, 4.69) is 10.1 Å². The number of furan rings is 1. The molecule has 9 heteroatoms. The summed E-state index contributed by atoms with van der Waals surface area (Å²) < 4.78 is 48.8. The van der Waals surface area contributed by atoms with Gasteiger partial charge in [-0.15, -0.1) is 0 Å². The predicted octanol–water partition coefficient (Wildman–Crippen LogP) is 2.01. The second-order valence-electron chi connectivity index (χ2n) is 4.05. The van der Waals surface area contributed by atoms with E-state index in [0.717, 1.165) is 0 Å². The molecule has 1 aliphatic rings. The first-order chi connectivity index (χ1) is 9.84. The highest BCUT2D eigenvalue weighted by Gasteiger charge is 2.46. The van der Waals surface area contributed by atoms with Crippen molar-refractivity contribution in [2.45, 2.75) is 19.1 Å². The van der Waals surface area contributed by atoms with E-state index in [1.807, 2.05) is 0 Å². The number of rotatable bonds is 3. The number of amides is 2. The summed E-state index contributed by atoms with van der Waals surface area (Å²) in [5.74, 6) is -1.19. The van der Waals surface area contributed by atoms with Crippen molar-refractivity contribution in [1.29, 1.82) is 0 Å². The minimum Gasteiger partial charge on any atom is -0.467 e. The molecule has 0 saturated carbocycles. The van der Waals surface area contributed by atoms with Crippen LogP contribution in [0.5, 0.6) is 0 Å². The second kappa shape index (κ2) is 5.51. The molecule has 1 aromatic rings. The molecule has 2 N–H and O–H groups in total. The van der Waals surface area contributed by atoms with Crippen LogP contribution < -0.4 is 10.6 Å². The fourth-order valence-corrected chi connectivity index (χ4v) is 1.89. The Morgan fingerprint density at radius 3 is 2.71 bits per heavy atom. The number of ether oxygens (including phenoxy) is 1. The molecule has 0 fully saturated rings. The molecule has 21 heavy (non-hydrogen) atoms. The van der Waals surface area contributed by atoms with Gasteiger partial charge in [-0.05, 0) is 19.1 Å². The fourth-order valence-electron chi connectivity index (χ4n) is 1.89. The van der Waals surface area contributed by atoms with Crippen LogP contribution in [0.15, 0.2) is 34.1 Å². The number of nitrogens with one attached hydrogen (secondary N) is 2. The van der Waals surface area contributed by atoms with Gasteiger partial charge >= 0.3 is 18.2 Å². The number of carbonyl (C=O) groups is 2. The van der Waals surface area contributed by atoms with Crippen LogP contribution >= 0.6 is 0 Å². The van der Waals surface area contributed by atoms with Crippen molar-refractivity contribution in [3.05, 3.63) is 35.4 Å². The molecule has 2 amide bonds. The minimum absolute atomic E-state index is 0.00495. The second-order valence-corrected chi connectivity index (χ2v) is 4.05. The van der Waals surface area contributed by atoms with Gasteiger partial charge in [-0.2, -0.15) is 13.2 Å². The Morgan fingerprint density at radius 1 is 1.48 bits per heavy atom. The van der Waals surface area contributed by atoms with E-state index in [1.54, 1.807) is 5.32 Å². The molecule has 6 nitrogen and oxygen atoms in total. The van der Waals surface area contributed by atoms with Crippen LogP contribution in [0, 0.1) is 0 Å². The molecule has 114 valence electrons. The van der Waals surface area contributed by atoms with Crippen LogP contribution in [0.1, 0.15) is 18.7 Å². The fraction of sp³-hybridized carbons (Fsp3) is 0.333. The summed E-state index contributed by atoms with van der Waals surface area (Å²) in [6.45, 7) is 1.36. The van der Waals surface area contributed by atoms with E-state index in [1.165, 1.54) is 25.3 Å². The monoisotopic (exact) mass is 304 g/mol. The first-order valence-corrected chi connectivity index (χ1v) is 5.94. The van der Waals surface area contributed by atoms with Gasteiger partial charge in [0, 0.05) is 0 Å². The lowest BCUT2D eigenvalue weighted by atomic mass is 10.00. The van der Waals surface area contributed by atoms with Crippen molar-refractivity contribution < 1.29 is 31.9 Å². The van der Waals surface area contributed by atoms with Crippen LogP contribution in [-0.4, -0.2) is 24.8 Å². The highest BCUT2D eigenvalue weighted by atomic mass is 19.4. The molecule has 0 aromatic carbocycles. The van der Waals surface area contributed by atoms with Gasteiger partial charge in [0.05, 0.1) is 18.4 Å². The molecule has 2 heterocycles. The van der Waals surface area contributed by atoms with Crippen LogP contribution in [0.4, 0.5) is 18.0 Å². The van der Waals surface area contributed by atoms with Crippen LogP contribution in [0.3, 0.4) is 0 Å². The van der Waals surface area contributed by atoms with Gasteiger partial charge in [0.1, 0.15) is 17.5 Å². The van der Waals surface area contributed by atoms with Gasteiger partial charge in [-0.25, -0.2) is 9.59 Å². The Hall–Kier alpha value is -2.45. The zero-order valence-corrected chi connectivity index (χ0v) is 10.8. The van der Waals surface area contributed by atoms with E-state index >= 15 is 0 Å². The summed E-state index contributed by atoms with van der Waals surface area (Å²) in [7, 11) is 0. The summed E-state index contributed by atoms with van der Waals surface area (Å²) in [5, 5.41) is 3.81. The summed E-state index contributed by atoms with van der Waals surface area (Å²) >= 11 is 0. The van der Waals surface area contributed by atoms with E-state index in [0.29, 0.717) is 0 Å². The zero-order valence-electron chi connectivity index (χ0n) is 10.8. The smallest absolute Gasteiger partial charge is 0.432 e. The average molecular weight is 304 g/mol. The predicted molar refractivity (Wildman–Crippen MR) is 62.8 cm³/mol. The van der Waals surface area contributed by atoms with Gasteiger partial charge < -0.3 is 19.8 Å². The van der Waals surface area contributed by atoms with Gasteiger partial charge in [-0.3, -0.25) is 0 Å². The minimum atomic E-state index is -4.91. The first kappa shape index (κ1) is 14.9. The molecular formula is C12H11F3N2O4. The highest BCUT2D eigenvalue weighted by molar-refractivity contribution is 5.95. The number of alkyl halides is 3. The van der Waals surface area contributed by atoms with Gasteiger partial charge in [0.2, 0.25) is 0 Å². The summed E-state index contributed by atoms with van der Waals surface area (Å²) in [4.78, 5) is 23.3. The van der Waals surface area contributed by atoms with Crippen molar-refractivity contribution in [2.75, 3.05) is 6.61 Å². The maximum Gasteiger partial charge on any atom is 0.432 e. The SMILES string of the molecule is CCOC(=O)C1=C(C(F)(F)F)NC(=O)NC1c1ccco1. The van der Waals surface area contributed by atoms with Crippen LogP contribution in [0.2, 0.25) is 0 Å². The Morgan fingerprint density at radius 2 is 2.19 bits per heavy atom. The molecule has 1 atom stereocenters. The van der Waals surface area contributed by atoms with Crippen molar-refractivity contribution >= 4 is 12.0 Å². The maximum atomic E-state index is 13.0. The number of esters is 1. The Bertz CT molecular complexity index is 578. The molecule has 1 aliphatic heterocycles. The highest BCUT2D eigenvalue weighted by Crippen LogP contribution is 2.35. The van der Waals surface area contributed by atoms with Gasteiger partial charge in [0.15, 0.2) is 0 Å². The van der Waals surface area contributed by atoms with E-state index in [4.69, 9.17) is 4.42 Å². The third-order valence-electron chi connectivity index (χ3n) is 2.68. The van der Waals surface area contributed by atoms with Crippen molar-refractivity contribution in [1.82, 2.24) is 10.6 Å². The van der Waals surface area contributed by atoms with Crippen molar-refractivity contribution in [2.24, 2.45) is 0 Å². The number of urea groups is 1. The normalized spacial score (nSPS) is 19.0. The average Bonchev–Trinajstić information content (AvgIpc) is 2.90. The largest absolute Gasteiger partial charge is 0.467 e. The third kappa shape index (κ3) is 3.01. The lowest BCUT2D eigenvalue weighted by molar-refractivity contribution is -0.140. The summed E-state index contributed by atoms with van der Waals surface area (Å²) in [5.41, 5.74) is -2.20. The number of halogens is 3. The Balaban J connectivity index is 2.56. The maximum absolute atomic E-state index is 13.0. The van der Waals surface area contributed by atoms with Crippen molar-refractivity contribution in [3.8, 4) is 0 Å². The van der Waals surface area contributed by atoms with E-state index in [9.17, 15) is 22.8 Å². The quantitative estimate of drug-likeness (QED) is 0.837. The number of hydrogen-bond acceptors (Lipinski definition) is 4. The Labute approximate surface area is 116 Å².